The second-order valence-electron chi connectivity index (χ2n) is 3.85. The number of nitrogens with two attached hydrogens (primary N) is 1. The molecule has 1 rings (SSSR count). The summed E-state index contributed by atoms with van der Waals surface area (Å²) in [5.41, 5.74) is 5.25. The fraction of sp³-hybridized carbons (Fsp3) is 0.900. The molecule has 1 unspecified atom stereocenters. The number of amides is 1. The largest absolute Gasteiger partial charge is 0.396 e. The monoisotopic (exact) mass is 216 g/mol. The highest BCUT2D eigenvalue weighted by atomic mass is 16.5. The van der Waals surface area contributed by atoms with Gasteiger partial charge in [0.25, 0.3) is 0 Å². The van der Waals surface area contributed by atoms with E-state index < -0.39 is 0 Å². The van der Waals surface area contributed by atoms with Crippen LogP contribution in [-0.4, -0.2) is 55.4 Å². The van der Waals surface area contributed by atoms with Crippen LogP contribution in [0.15, 0.2) is 0 Å². The molecule has 5 nitrogen and oxygen atoms in total. The Morgan fingerprint density at radius 3 is 3.07 bits per heavy atom. The summed E-state index contributed by atoms with van der Waals surface area (Å²) in [5, 5.41) is 8.78. The molecule has 0 radical (unpaired) electrons. The molecule has 88 valence electrons. The Balaban J connectivity index is 2.18. The maximum absolute atomic E-state index is 11.6. The van der Waals surface area contributed by atoms with E-state index in [0.29, 0.717) is 19.1 Å². The van der Waals surface area contributed by atoms with Crippen molar-refractivity contribution in [3.05, 3.63) is 0 Å². The highest BCUT2D eigenvalue weighted by Crippen LogP contribution is 2.18. The van der Waals surface area contributed by atoms with Crippen molar-refractivity contribution in [2.45, 2.75) is 12.8 Å². The Morgan fingerprint density at radius 2 is 2.40 bits per heavy atom. The van der Waals surface area contributed by atoms with Gasteiger partial charge in [-0.05, 0) is 18.8 Å². The Morgan fingerprint density at radius 1 is 1.60 bits per heavy atom. The van der Waals surface area contributed by atoms with Gasteiger partial charge in [0.15, 0.2) is 0 Å². The predicted molar refractivity (Wildman–Crippen MR) is 56.3 cm³/mol. The first-order chi connectivity index (χ1) is 7.27. The predicted octanol–water partition coefficient (Wildman–Crippen LogP) is -0.807. The molecule has 0 aromatic rings. The van der Waals surface area contributed by atoms with Crippen molar-refractivity contribution in [1.82, 2.24) is 4.90 Å². The van der Waals surface area contributed by atoms with Crippen molar-refractivity contribution in [2.24, 2.45) is 11.7 Å². The third-order valence-corrected chi connectivity index (χ3v) is 2.66. The van der Waals surface area contributed by atoms with Crippen LogP contribution >= 0.6 is 0 Å². The summed E-state index contributed by atoms with van der Waals surface area (Å²) in [6, 6.07) is 0. The number of carbonyl (C=O) groups excluding carboxylic acids is 1. The molecular formula is C10H20N2O3. The fourth-order valence-corrected chi connectivity index (χ4v) is 1.81. The van der Waals surface area contributed by atoms with Gasteiger partial charge in [-0.3, -0.25) is 4.79 Å². The number of likely N-dealkylation sites (tertiary alicyclic amines) is 1. The van der Waals surface area contributed by atoms with E-state index in [-0.39, 0.29) is 19.1 Å². The van der Waals surface area contributed by atoms with Crippen LogP contribution in [0.5, 0.6) is 0 Å². The average molecular weight is 216 g/mol. The molecule has 1 amide bonds. The Labute approximate surface area is 90.2 Å². The molecule has 5 heteroatoms. The molecule has 1 saturated heterocycles. The van der Waals surface area contributed by atoms with Crippen LogP contribution in [0.2, 0.25) is 0 Å². The second-order valence-corrected chi connectivity index (χ2v) is 3.85. The minimum absolute atomic E-state index is 0.0314. The Hall–Kier alpha value is -0.650. The van der Waals surface area contributed by atoms with Gasteiger partial charge >= 0.3 is 0 Å². The van der Waals surface area contributed by atoms with Gasteiger partial charge in [-0.1, -0.05) is 0 Å². The number of nitrogens with zero attached hydrogens (tertiary/aromatic N) is 1. The van der Waals surface area contributed by atoms with Crippen LogP contribution in [0.25, 0.3) is 0 Å². The highest BCUT2D eigenvalue weighted by Gasteiger charge is 2.25. The first kappa shape index (κ1) is 12.4. The van der Waals surface area contributed by atoms with E-state index in [2.05, 4.69) is 0 Å². The molecule has 0 aromatic carbocycles. The zero-order valence-electron chi connectivity index (χ0n) is 9.02. The zero-order valence-corrected chi connectivity index (χ0v) is 9.02. The van der Waals surface area contributed by atoms with Crippen LogP contribution < -0.4 is 5.73 Å². The van der Waals surface area contributed by atoms with E-state index in [9.17, 15) is 4.79 Å². The summed E-state index contributed by atoms with van der Waals surface area (Å²) in [4.78, 5) is 13.4. The summed E-state index contributed by atoms with van der Waals surface area (Å²) in [5.74, 6) is 0.484. The first-order valence-corrected chi connectivity index (χ1v) is 5.44. The van der Waals surface area contributed by atoms with Crippen LogP contribution in [0.4, 0.5) is 0 Å². The molecule has 1 aliphatic heterocycles. The van der Waals surface area contributed by atoms with Gasteiger partial charge in [-0.15, -0.1) is 0 Å². The van der Waals surface area contributed by atoms with Crippen LogP contribution in [0.3, 0.4) is 0 Å². The lowest BCUT2D eigenvalue weighted by atomic mass is 10.1. The molecule has 0 aliphatic carbocycles. The third-order valence-electron chi connectivity index (χ3n) is 2.66. The van der Waals surface area contributed by atoms with E-state index >= 15 is 0 Å². The van der Waals surface area contributed by atoms with Crippen molar-refractivity contribution >= 4 is 5.91 Å². The van der Waals surface area contributed by atoms with Crippen LogP contribution in [0, 0.1) is 5.92 Å². The highest BCUT2D eigenvalue weighted by molar-refractivity contribution is 5.77. The number of aliphatic hydroxyl groups excluding tert-OH is 1. The van der Waals surface area contributed by atoms with Gasteiger partial charge in [0, 0.05) is 26.2 Å². The van der Waals surface area contributed by atoms with Gasteiger partial charge in [0.2, 0.25) is 5.91 Å². The lowest BCUT2D eigenvalue weighted by Crippen LogP contribution is -2.32. The molecule has 1 aliphatic rings. The lowest BCUT2D eigenvalue weighted by Gasteiger charge is -2.16. The van der Waals surface area contributed by atoms with Gasteiger partial charge in [0.1, 0.15) is 6.61 Å². The molecular weight excluding hydrogens is 196 g/mol. The van der Waals surface area contributed by atoms with E-state index in [1.165, 1.54) is 0 Å². The summed E-state index contributed by atoms with van der Waals surface area (Å²) < 4.78 is 5.09. The lowest BCUT2D eigenvalue weighted by molar-refractivity contribution is -0.135. The first-order valence-electron chi connectivity index (χ1n) is 5.44. The van der Waals surface area contributed by atoms with Crippen molar-refractivity contribution in [3.8, 4) is 0 Å². The summed E-state index contributed by atoms with van der Waals surface area (Å²) >= 11 is 0. The number of hydrogen-bond donors (Lipinski definition) is 2. The normalized spacial score (nSPS) is 20.9. The van der Waals surface area contributed by atoms with Crippen molar-refractivity contribution < 1.29 is 14.6 Å². The molecule has 0 aromatic heterocycles. The maximum atomic E-state index is 11.6. The smallest absolute Gasteiger partial charge is 0.248 e. The summed E-state index contributed by atoms with van der Waals surface area (Å²) in [6.07, 6.45) is 1.77. The van der Waals surface area contributed by atoms with E-state index in [4.69, 9.17) is 15.6 Å². The topological polar surface area (TPSA) is 75.8 Å². The van der Waals surface area contributed by atoms with Gasteiger partial charge < -0.3 is 20.5 Å². The van der Waals surface area contributed by atoms with Crippen molar-refractivity contribution in [1.29, 1.82) is 0 Å². The molecule has 15 heavy (non-hydrogen) atoms. The maximum Gasteiger partial charge on any atom is 0.248 e. The molecule has 0 spiro atoms. The average Bonchev–Trinajstić information content (AvgIpc) is 2.67. The van der Waals surface area contributed by atoms with Crippen molar-refractivity contribution in [3.63, 3.8) is 0 Å². The second kappa shape index (κ2) is 6.76. The van der Waals surface area contributed by atoms with Crippen LogP contribution in [0.1, 0.15) is 12.8 Å². The van der Waals surface area contributed by atoms with Crippen LogP contribution in [-0.2, 0) is 9.53 Å². The quantitative estimate of drug-likeness (QED) is 0.570. The third kappa shape index (κ3) is 4.15. The number of rotatable bonds is 6. The number of ether oxygens (including phenoxy) is 1. The van der Waals surface area contributed by atoms with E-state index in [1.54, 1.807) is 4.90 Å². The fourth-order valence-electron chi connectivity index (χ4n) is 1.81. The molecule has 0 bridgehead atoms. The van der Waals surface area contributed by atoms with Gasteiger partial charge in [-0.25, -0.2) is 0 Å². The molecule has 1 atom stereocenters. The molecule has 0 saturated carbocycles. The van der Waals surface area contributed by atoms with Gasteiger partial charge in [-0.2, -0.15) is 0 Å². The number of hydrogen-bond acceptors (Lipinski definition) is 4. The van der Waals surface area contributed by atoms with E-state index in [0.717, 1.165) is 25.9 Å². The molecule has 1 fully saturated rings. The molecule has 1 heterocycles. The minimum atomic E-state index is 0.0314. The van der Waals surface area contributed by atoms with Gasteiger partial charge in [0.05, 0.1) is 6.61 Å². The number of aliphatic hydroxyl groups is 1. The minimum Gasteiger partial charge on any atom is -0.396 e. The van der Waals surface area contributed by atoms with E-state index in [1.807, 2.05) is 0 Å². The molecule has 3 N–H and O–H groups in total. The zero-order chi connectivity index (χ0) is 11.1. The Kier molecular flexibility index (Phi) is 5.60. The SMILES string of the molecule is NCCOCC(=O)N1CCC(CCO)C1. The summed E-state index contributed by atoms with van der Waals surface area (Å²) in [7, 11) is 0. The van der Waals surface area contributed by atoms with Crippen molar-refractivity contribution in [2.75, 3.05) is 39.5 Å². The summed E-state index contributed by atoms with van der Waals surface area (Å²) in [6.45, 7) is 2.75. The Bertz CT molecular complexity index is 199. The standard InChI is InChI=1S/C10H20N2O3/c11-3-6-15-8-10(14)12-4-1-9(7-12)2-5-13/h9,13H,1-8,11H2. The number of carbonyl (C=O) groups is 1.